The molecule has 2 N–H and O–H groups in total. The van der Waals surface area contributed by atoms with Gasteiger partial charge in [-0.05, 0) is 50.9 Å². The van der Waals surface area contributed by atoms with E-state index in [0.717, 1.165) is 25.9 Å². The van der Waals surface area contributed by atoms with Crippen molar-refractivity contribution in [2.75, 3.05) is 13.7 Å². The van der Waals surface area contributed by atoms with Crippen molar-refractivity contribution in [3.8, 4) is 0 Å². The average molecular weight is 281 g/mol. The molecule has 1 heterocycles. The Morgan fingerprint density at radius 3 is 2.30 bits per heavy atom. The van der Waals surface area contributed by atoms with Crippen LogP contribution >= 0.6 is 0 Å². The Hall–Kier alpha value is -0.120. The van der Waals surface area contributed by atoms with Crippen molar-refractivity contribution in [2.24, 2.45) is 11.7 Å². The van der Waals surface area contributed by atoms with E-state index in [9.17, 15) is 0 Å². The molecular weight excluding hydrogens is 250 g/mol. The Bertz CT molecular complexity index is 319. The summed E-state index contributed by atoms with van der Waals surface area (Å²) in [6.45, 7) is 0.901. The SMILES string of the molecule is COC1(C(N)C2CCOC3(CCC3)C2)CCCCCC1. The Morgan fingerprint density at radius 1 is 1.05 bits per heavy atom. The molecule has 3 nitrogen and oxygen atoms in total. The maximum absolute atomic E-state index is 6.76. The molecular formula is C17H31NO2. The van der Waals surface area contributed by atoms with Crippen LogP contribution in [0, 0.1) is 5.92 Å². The van der Waals surface area contributed by atoms with E-state index in [1.807, 2.05) is 7.11 Å². The van der Waals surface area contributed by atoms with Gasteiger partial charge in [0, 0.05) is 19.8 Å². The molecule has 2 saturated carbocycles. The number of ether oxygens (including phenoxy) is 2. The largest absolute Gasteiger partial charge is 0.377 e. The van der Waals surface area contributed by atoms with E-state index in [4.69, 9.17) is 15.2 Å². The Balaban J connectivity index is 1.70. The van der Waals surface area contributed by atoms with Gasteiger partial charge in [0.15, 0.2) is 0 Å². The second-order valence-electron chi connectivity index (χ2n) is 7.35. The van der Waals surface area contributed by atoms with Crippen LogP contribution in [0.15, 0.2) is 0 Å². The maximum atomic E-state index is 6.76. The number of nitrogens with two attached hydrogens (primary N) is 1. The summed E-state index contributed by atoms with van der Waals surface area (Å²) in [6.07, 6.45) is 13.6. The van der Waals surface area contributed by atoms with E-state index in [1.165, 1.54) is 51.4 Å². The molecule has 3 rings (SSSR count). The highest BCUT2D eigenvalue weighted by molar-refractivity contribution is 5.02. The quantitative estimate of drug-likeness (QED) is 0.806. The Labute approximate surface area is 123 Å². The zero-order valence-corrected chi connectivity index (χ0v) is 13.0. The third kappa shape index (κ3) is 2.65. The smallest absolute Gasteiger partial charge is 0.0831 e. The van der Waals surface area contributed by atoms with Crippen LogP contribution in [0.2, 0.25) is 0 Å². The van der Waals surface area contributed by atoms with E-state index in [-0.39, 0.29) is 17.2 Å². The lowest BCUT2D eigenvalue weighted by molar-refractivity contribution is -0.159. The fraction of sp³-hybridized carbons (Fsp3) is 1.00. The number of hydrogen-bond donors (Lipinski definition) is 1. The van der Waals surface area contributed by atoms with E-state index in [1.54, 1.807) is 0 Å². The van der Waals surface area contributed by atoms with Gasteiger partial charge in [-0.1, -0.05) is 25.7 Å². The van der Waals surface area contributed by atoms with Crippen molar-refractivity contribution < 1.29 is 9.47 Å². The first-order valence-corrected chi connectivity index (χ1v) is 8.64. The maximum Gasteiger partial charge on any atom is 0.0831 e. The van der Waals surface area contributed by atoms with Gasteiger partial charge >= 0.3 is 0 Å². The van der Waals surface area contributed by atoms with Gasteiger partial charge < -0.3 is 15.2 Å². The van der Waals surface area contributed by atoms with Gasteiger partial charge in [0.25, 0.3) is 0 Å². The van der Waals surface area contributed by atoms with Crippen molar-refractivity contribution >= 4 is 0 Å². The molecule has 0 amide bonds. The summed E-state index contributed by atoms with van der Waals surface area (Å²) in [4.78, 5) is 0. The molecule has 1 aliphatic heterocycles. The third-order valence-corrected chi connectivity index (χ3v) is 6.27. The monoisotopic (exact) mass is 281 g/mol. The first-order chi connectivity index (χ1) is 9.70. The van der Waals surface area contributed by atoms with Crippen LogP contribution in [0.1, 0.15) is 70.6 Å². The van der Waals surface area contributed by atoms with Crippen molar-refractivity contribution in [3.63, 3.8) is 0 Å². The highest BCUT2D eigenvalue weighted by Gasteiger charge is 2.48. The third-order valence-electron chi connectivity index (χ3n) is 6.27. The lowest BCUT2D eigenvalue weighted by atomic mass is 9.67. The molecule has 1 spiro atoms. The van der Waals surface area contributed by atoms with Gasteiger partial charge in [-0.25, -0.2) is 0 Å². The Morgan fingerprint density at radius 2 is 1.75 bits per heavy atom. The van der Waals surface area contributed by atoms with Crippen molar-refractivity contribution in [2.45, 2.75) is 87.9 Å². The first kappa shape index (κ1) is 14.8. The fourth-order valence-electron chi connectivity index (χ4n) is 4.72. The zero-order valence-electron chi connectivity index (χ0n) is 13.0. The van der Waals surface area contributed by atoms with Gasteiger partial charge in [-0.15, -0.1) is 0 Å². The summed E-state index contributed by atoms with van der Waals surface area (Å²) in [7, 11) is 1.88. The van der Waals surface area contributed by atoms with E-state index in [2.05, 4.69) is 0 Å². The summed E-state index contributed by atoms with van der Waals surface area (Å²) in [5.74, 6) is 0.585. The van der Waals surface area contributed by atoms with E-state index in [0.29, 0.717) is 5.92 Å². The van der Waals surface area contributed by atoms with Gasteiger partial charge in [-0.3, -0.25) is 0 Å². The van der Waals surface area contributed by atoms with E-state index < -0.39 is 0 Å². The van der Waals surface area contributed by atoms with Crippen LogP contribution in [-0.4, -0.2) is 31.0 Å². The molecule has 0 aromatic heterocycles. The summed E-state index contributed by atoms with van der Waals surface area (Å²) >= 11 is 0. The molecule has 2 atom stereocenters. The van der Waals surface area contributed by atoms with Crippen LogP contribution in [0.4, 0.5) is 0 Å². The lowest BCUT2D eigenvalue weighted by Gasteiger charge is -2.51. The minimum Gasteiger partial charge on any atom is -0.377 e. The molecule has 3 aliphatic rings. The summed E-state index contributed by atoms with van der Waals surface area (Å²) < 4.78 is 12.1. The standard InChI is InChI=1S/C17H31NO2/c1-19-17(10-4-2-3-5-11-17)15(18)14-7-12-20-16(13-14)8-6-9-16/h14-15H,2-13,18H2,1H3. The van der Waals surface area contributed by atoms with E-state index >= 15 is 0 Å². The first-order valence-electron chi connectivity index (χ1n) is 8.64. The molecule has 20 heavy (non-hydrogen) atoms. The minimum absolute atomic E-state index is 0.0660. The molecule has 3 fully saturated rings. The highest BCUT2D eigenvalue weighted by Crippen LogP contribution is 2.47. The molecule has 0 radical (unpaired) electrons. The molecule has 2 aliphatic carbocycles. The van der Waals surface area contributed by atoms with Gasteiger partial charge in [-0.2, -0.15) is 0 Å². The van der Waals surface area contributed by atoms with Crippen LogP contribution in [0.25, 0.3) is 0 Å². The molecule has 0 bridgehead atoms. The normalized spacial score (nSPS) is 34.2. The van der Waals surface area contributed by atoms with Crippen LogP contribution in [0.3, 0.4) is 0 Å². The van der Waals surface area contributed by atoms with Crippen molar-refractivity contribution in [3.05, 3.63) is 0 Å². The van der Waals surface area contributed by atoms with Crippen molar-refractivity contribution in [1.82, 2.24) is 0 Å². The van der Waals surface area contributed by atoms with Gasteiger partial charge in [0.1, 0.15) is 0 Å². The summed E-state index contributed by atoms with van der Waals surface area (Å²) in [5, 5.41) is 0. The molecule has 0 aromatic carbocycles. The minimum atomic E-state index is -0.0660. The molecule has 116 valence electrons. The second kappa shape index (κ2) is 5.94. The molecule has 0 aromatic rings. The fourth-order valence-corrected chi connectivity index (χ4v) is 4.72. The zero-order chi connectivity index (χ0) is 14.1. The second-order valence-corrected chi connectivity index (χ2v) is 7.35. The van der Waals surface area contributed by atoms with Crippen LogP contribution in [0.5, 0.6) is 0 Å². The lowest BCUT2D eigenvalue weighted by Crippen LogP contribution is -2.57. The number of hydrogen-bond acceptors (Lipinski definition) is 3. The summed E-state index contributed by atoms with van der Waals surface area (Å²) in [5.41, 5.74) is 6.89. The van der Waals surface area contributed by atoms with Gasteiger partial charge in [0.05, 0.1) is 11.2 Å². The highest BCUT2D eigenvalue weighted by atomic mass is 16.5. The Kier molecular flexibility index (Phi) is 4.40. The van der Waals surface area contributed by atoms with Crippen LogP contribution in [-0.2, 0) is 9.47 Å². The number of rotatable bonds is 3. The summed E-state index contributed by atoms with van der Waals surface area (Å²) in [6, 6.07) is 0.187. The van der Waals surface area contributed by atoms with Gasteiger partial charge in [0.2, 0.25) is 0 Å². The number of methoxy groups -OCH3 is 1. The predicted molar refractivity (Wildman–Crippen MR) is 80.7 cm³/mol. The van der Waals surface area contributed by atoms with Crippen LogP contribution < -0.4 is 5.73 Å². The van der Waals surface area contributed by atoms with Crippen molar-refractivity contribution in [1.29, 1.82) is 0 Å². The average Bonchev–Trinajstić information content (AvgIpc) is 2.71. The predicted octanol–water partition coefficient (Wildman–Crippen LogP) is 3.40. The molecule has 2 unspecified atom stereocenters. The topological polar surface area (TPSA) is 44.5 Å². The molecule has 1 saturated heterocycles. The molecule has 3 heteroatoms.